The topological polar surface area (TPSA) is 42.0 Å². The molecule has 1 amide bonds. The first-order valence-corrected chi connectivity index (χ1v) is 8.52. The average molecular weight is 371 g/mol. The number of pyridine rings is 1. The van der Waals surface area contributed by atoms with E-state index >= 15 is 0 Å². The molecular formula is C20H16Cl2N2O. The number of nitrogens with zero attached hydrogens (tertiary/aromatic N) is 1. The summed E-state index contributed by atoms with van der Waals surface area (Å²) in [5.74, 6) is -0.386. The van der Waals surface area contributed by atoms with E-state index in [0.29, 0.717) is 0 Å². The summed E-state index contributed by atoms with van der Waals surface area (Å²) in [5.41, 5.74) is 1.26. The third-order valence-electron chi connectivity index (χ3n) is 4.09. The van der Waals surface area contributed by atoms with Gasteiger partial charge in [0.25, 0.3) is 5.91 Å². The first kappa shape index (κ1) is 17.5. The van der Waals surface area contributed by atoms with Crippen molar-refractivity contribution in [2.24, 2.45) is 0 Å². The molecule has 25 heavy (non-hydrogen) atoms. The van der Waals surface area contributed by atoms with Crippen LogP contribution in [0.5, 0.6) is 0 Å². The smallest absolute Gasteiger partial charge is 0.272 e. The summed E-state index contributed by atoms with van der Waals surface area (Å²) in [5, 5.41) is 3.54. The predicted octanol–water partition coefficient (Wildman–Crippen LogP) is 5.08. The summed E-state index contributed by atoms with van der Waals surface area (Å²) < 4.78 is 0. The first-order valence-electron chi connectivity index (χ1n) is 7.76. The molecule has 5 heteroatoms. The van der Waals surface area contributed by atoms with Crippen molar-refractivity contribution in [3.63, 3.8) is 0 Å². The van der Waals surface area contributed by atoms with Gasteiger partial charge in [0.15, 0.2) is 0 Å². The zero-order valence-electron chi connectivity index (χ0n) is 13.5. The number of carbonyl (C=O) groups is 1. The van der Waals surface area contributed by atoms with Crippen LogP contribution in [-0.4, -0.2) is 10.9 Å². The Labute approximate surface area is 156 Å². The third-order valence-corrected chi connectivity index (χ3v) is 4.61. The number of aromatic nitrogens is 1. The van der Waals surface area contributed by atoms with Crippen molar-refractivity contribution in [1.82, 2.24) is 10.3 Å². The van der Waals surface area contributed by atoms with E-state index in [9.17, 15) is 4.79 Å². The van der Waals surface area contributed by atoms with Crippen LogP contribution in [0.2, 0.25) is 10.2 Å². The van der Waals surface area contributed by atoms with Gasteiger partial charge in [-0.15, -0.1) is 0 Å². The molecule has 1 heterocycles. The second-order valence-electron chi connectivity index (χ2n) is 5.78. The quantitative estimate of drug-likeness (QED) is 0.650. The molecule has 3 nitrogen and oxygen atoms in total. The fourth-order valence-electron chi connectivity index (χ4n) is 2.72. The van der Waals surface area contributed by atoms with Crippen LogP contribution in [0.15, 0.2) is 72.8 Å². The predicted molar refractivity (Wildman–Crippen MR) is 101 cm³/mol. The molecule has 0 aliphatic heterocycles. The molecule has 0 radical (unpaired) electrons. The van der Waals surface area contributed by atoms with Gasteiger partial charge in [0.1, 0.15) is 10.8 Å². The van der Waals surface area contributed by atoms with Crippen LogP contribution >= 0.6 is 23.2 Å². The van der Waals surface area contributed by atoms with E-state index in [1.165, 1.54) is 0 Å². The number of halogens is 2. The molecule has 0 fully saturated rings. The Bertz CT molecular complexity index is 843. The van der Waals surface area contributed by atoms with Gasteiger partial charge in [-0.05, 0) is 30.2 Å². The molecule has 0 atom stereocenters. The van der Waals surface area contributed by atoms with Gasteiger partial charge in [-0.1, -0.05) is 83.9 Å². The van der Waals surface area contributed by atoms with Crippen LogP contribution in [-0.2, 0) is 5.54 Å². The van der Waals surface area contributed by atoms with Crippen LogP contribution in [0.1, 0.15) is 28.5 Å². The van der Waals surface area contributed by atoms with Gasteiger partial charge in [-0.2, -0.15) is 0 Å². The molecule has 0 saturated heterocycles. The van der Waals surface area contributed by atoms with Gasteiger partial charge in [-0.3, -0.25) is 4.79 Å². The van der Waals surface area contributed by atoms with E-state index in [-0.39, 0.29) is 21.8 Å². The van der Waals surface area contributed by atoms with Crippen molar-refractivity contribution < 1.29 is 4.79 Å². The van der Waals surface area contributed by atoms with Gasteiger partial charge in [0.2, 0.25) is 0 Å². The number of amides is 1. The highest BCUT2D eigenvalue weighted by atomic mass is 35.5. The summed E-state index contributed by atoms with van der Waals surface area (Å²) in [7, 11) is 0. The van der Waals surface area contributed by atoms with Crippen molar-refractivity contribution in [3.05, 3.63) is 99.8 Å². The fraction of sp³-hybridized carbons (Fsp3) is 0.100. The van der Waals surface area contributed by atoms with Crippen molar-refractivity contribution in [3.8, 4) is 0 Å². The van der Waals surface area contributed by atoms with Crippen molar-refractivity contribution in [2.75, 3.05) is 0 Å². The van der Waals surface area contributed by atoms with Crippen LogP contribution in [0.4, 0.5) is 0 Å². The molecule has 126 valence electrons. The number of rotatable bonds is 4. The van der Waals surface area contributed by atoms with Crippen molar-refractivity contribution >= 4 is 29.1 Å². The zero-order chi connectivity index (χ0) is 17.9. The molecule has 3 aromatic rings. The lowest BCUT2D eigenvalue weighted by molar-refractivity contribution is 0.0914. The monoisotopic (exact) mass is 370 g/mol. The van der Waals surface area contributed by atoms with E-state index in [1.807, 2.05) is 67.6 Å². The van der Waals surface area contributed by atoms with E-state index in [0.717, 1.165) is 11.1 Å². The second kappa shape index (κ2) is 7.26. The summed E-state index contributed by atoms with van der Waals surface area (Å²) in [6.45, 7) is 1.95. The first-order chi connectivity index (χ1) is 12.0. The van der Waals surface area contributed by atoms with E-state index in [4.69, 9.17) is 23.2 Å². The van der Waals surface area contributed by atoms with Gasteiger partial charge in [-0.25, -0.2) is 4.98 Å². The van der Waals surface area contributed by atoms with Crippen LogP contribution < -0.4 is 5.32 Å². The Morgan fingerprint density at radius 1 is 0.880 bits per heavy atom. The minimum Gasteiger partial charge on any atom is -0.337 e. The molecule has 1 aromatic heterocycles. The molecule has 0 saturated carbocycles. The summed E-state index contributed by atoms with van der Waals surface area (Å²) >= 11 is 12.0. The maximum atomic E-state index is 12.9. The number of carbonyl (C=O) groups excluding carboxylic acids is 1. The van der Waals surface area contributed by atoms with Gasteiger partial charge in [0.05, 0.1) is 10.6 Å². The Balaban J connectivity index is 2.04. The highest BCUT2D eigenvalue weighted by Gasteiger charge is 2.32. The Hall–Kier alpha value is -2.36. The Morgan fingerprint density at radius 2 is 1.40 bits per heavy atom. The second-order valence-corrected chi connectivity index (χ2v) is 6.57. The molecule has 3 rings (SSSR count). The largest absolute Gasteiger partial charge is 0.337 e. The lowest BCUT2D eigenvalue weighted by atomic mass is 9.84. The molecule has 1 N–H and O–H groups in total. The molecule has 0 spiro atoms. The molecule has 2 aromatic carbocycles. The van der Waals surface area contributed by atoms with Crippen LogP contribution in [0.3, 0.4) is 0 Å². The van der Waals surface area contributed by atoms with Crippen molar-refractivity contribution in [2.45, 2.75) is 12.5 Å². The van der Waals surface area contributed by atoms with E-state index in [2.05, 4.69) is 10.3 Å². The summed E-state index contributed by atoms with van der Waals surface area (Å²) in [4.78, 5) is 16.9. The lowest BCUT2D eigenvalue weighted by Crippen LogP contribution is -2.44. The standard InChI is InChI=1S/C20H16Cl2N2O/c1-20(14-8-4-2-5-9-14,15-10-6-3-7-11-15)24-19(25)18-16(21)12-13-17(22)23-18/h2-13H,1H3,(H,24,25). The van der Waals surface area contributed by atoms with Crippen LogP contribution in [0.25, 0.3) is 0 Å². The Kier molecular flexibility index (Phi) is 5.07. The number of benzene rings is 2. The molecular weight excluding hydrogens is 355 g/mol. The molecule has 0 aliphatic carbocycles. The lowest BCUT2D eigenvalue weighted by Gasteiger charge is -2.32. The zero-order valence-corrected chi connectivity index (χ0v) is 15.1. The van der Waals surface area contributed by atoms with E-state index < -0.39 is 5.54 Å². The highest BCUT2D eigenvalue weighted by molar-refractivity contribution is 6.34. The summed E-state index contributed by atoms with van der Waals surface area (Å²) in [6.07, 6.45) is 0. The molecule has 0 bridgehead atoms. The minimum atomic E-state index is -0.743. The maximum Gasteiger partial charge on any atom is 0.272 e. The number of nitrogens with one attached hydrogen (secondary N) is 1. The number of hydrogen-bond donors (Lipinski definition) is 1. The van der Waals surface area contributed by atoms with E-state index in [1.54, 1.807) is 12.1 Å². The number of hydrogen-bond acceptors (Lipinski definition) is 2. The Morgan fingerprint density at radius 3 is 1.92 bits per heavy atom. The minimum absolute atomic E-state index is 0.104. The highest BCUT2D eigenvalue weighted by Crippen LogP contribution is 2.30. The molecule has 0 aliphatic rings. The maximum absolute atomic E-state index is 12.9. The third kappa shape index (κ3) is 3.68. The SMILES string of the molecule is CC(NC(=O)c1nc(Cl)ccc1Cl)(c1ccccc1)c1ccccc1. The molecule has 0 unspecified atom stereocenters. The van der Waals surface area contributed by atoms with Crippen LogP contribution in [0, 0.1) is 0 Å². The van der Waals surface area contributed by atoms with Gasteiger partial charge in [0, 0.05) is 0 Å². The average Bonchev–Trinajstić information content (AvgIpc) is 2.65. The van der Waals surface area contributed by atoms with Gasteiger partial charge >= 0.3 is 0 Å². The normalized spacial score (nSPS) is 11.2. The summed E-state index contributed by atoms with van der Waals surface area (Å²) in [6, 6.07) is 22.6. The fourth-order valence-corrected chi connectivity index (χ4v) is 3.06. The van der Waals surface area contributed by atoms with Gasteiger partial charge < -0.3 is 5.32 Å². The van der Waals surface area contributed by atoms with Crippen molar-refractivity contribution in [1.29, 1.82) is 0 Å².